The van der Waals surface area contributed by atoms with Gasteiger partial charge in [0, 0.05) is 0 Å². The number of anilines is 2. The highest BCUT2D eigenvalue weighted by atomic mass is 16.5. The number of hydrogen-bond donors (Lipinski definition) is 2. The molecule has 4 nitrogen and oxygen atoms in total. The minimum absolute atomic E-state index is 0.0221. The van der Waals surface area contributed by atoms with Crippen LogP contribution in [0, 0.1) is 0 Å². The Labute approximate surface area is 95.8 Å². The molecule has 0 aliphatic rings. The van der Waals surface area contributed by atoms with E-state index in [9.17, 15) is 4.79 Å². The van der Waals surface area contributed by atoms with Gasteiger partial charge in [-0.1, -0.05) is 12.1 Å². The van der Waals surface area contributed by atoms with Crippen molar-refractivity contribution >= 4 is 17.3 Å². The fourth-order valence-corrected chi connectivity index (χ4v) is 1.32. The molecule has 0 bridgehead atoms. The van der Waals surface area contributed by atoms with Gasteiger partial charge in [0.15, 0.2) is 0 Å². The van der Waals surface area contributed by atoms with Crippen LogP contribution in [-0.4, -0.2) is 18.1 Å². The van der Waals surface area contributed by atoms with Crippen LogP contribution < -0.4 is 11.1 Å². The van der Waals surface area contributed by atoms with E-state index < -0.39 is 6.10 Å². The molecule has 1 aromatic carbocycles. The lowest BCUT2D eigenvalue weighted by Gasteiger charge is -2.16. The molecule has 1 atom stereocenters. The number of hydrogen-bond acceptors (Lipinski definition) is 3. The zero-order valence-corrected chi connectivity index (χ0v) is 9.86. The van der Waals surface area contributed by atoms with Crippen LogP contribution in [0.25, 0.3) is 0 Å². The first kappa shape index (κ1) is 12.5. The van der Waals surface area contributed by atoms with Crippen molar-refractivity contribution in [2.75, 3.05) is 11.1 Å². The lowest BCUT2D eigenvalue weighted by molar-refractivity contribution is -0.128. The number of carbonyl (C=O) groups excluding carboxylic acids is 1. The average Bonchev–Trinajstić information content (AvgIpc) is 2.20. The molecule has 0 heterocycles. The molecule has 0 fully saturated rings. The fourth-order valence-electron chi connectivity index (χ4n) is 1.32. The summed E-state index contributed by atoms with van der Waals surface area (Å²) >= 11 is 0. The Balaban J connectivity index is 2.61. The van der Waals surface area contributed by atoms with Gasteiger partial charge in [0.25, 0.3) is 5.91 Å². The highest BCUT2D eigenvalue weighted by molar-refractivity contribution is 5.96. The molecule has 0 saturated heterocycles. The van der Waals surface area contributed by atoms with Crippen LogP contribution in [0.15, 0.2) is 24.3 Å². The summed E-state index contributed by atoms with van der Waals surface area (Å²) in [5.41, 5.74) is 6.88. The fraction of sp³-hybridized carbons (Fsp3) is 0.417. The molecule has 1 aromatic rings. The summed E-state index contributed by atoms with van der Waals surface area (Å²) in [7, 11) is 0. The number of nitrogens with one attached hydrogen (secondary N) is 1. The molecular weight excluding hydrogens is 204 g/mol. The van der Waals surface area contributed by atoms with E-state index in [0.717, 1.165) is 0 Å². The standard InChI is InChI=1S/C12H18N2O2/c1-8(2)16-9(3)12(15)14-11-7-5-4-6-10(11)13/h4-9H,13H2,1-3H3,(H,14,15). The lowest BCUT2D eigenvalue weighted by Crippen LogP contribution is -2.30. The van der Waals surface area contributed by atoms with E-state index in [1.165, 1.54) is 0 Å². The summed E-state index contributed by atoms with van der Waals surface area (Å²) in [5, 5.41) is 2.73. The van der Waals surface area contributed by atoms with E-state index in [0.29, 0.717) is 11.4 Å². The van der Waals surface area contributed by atoms with Crippen LogP contribution >= 0.6 is 0 Å². The van der Waals surface area contributed by atoms with Crippen molar-refractivity contribution < 1.29 is 9.53 Å². The second-order valence-electron chi connectivity index (χ2n) is 3.90. The topological polar surface area (TPSA) is 64.3 Å². The Morgan fingerprint density at radius 2 is 1.94 bits per heavy atom. The van der Waals surface area contributed by atoms with Crippen molar-refractivity contribution in [3.8, 4) is 0 Å². The van der Waals surface area contributed by atoms with Gasteiger partial charge in [-0.2, -0.15) is 0 Å². The quantitative estimate of drug-likeness (QED) is 0.766. The van der Waals surface area contributed by atoms with E-state index in [2.05, 4.69) is 5.32 Å². The highest BCUT2D eigenvalue weighted by Crippen LogP contribution is 2.17. The van der Waals surface area contributed by atoms with Gasteiger partial charge in [-0.25, -0.2) is 0 Å². The molecule has 0 aromatic heterocycles. The van der Waals surface area contributed by atoms with Crippen molar-refractivity contribution in [3.05, 3.63) is 24.3 Å². The SMILES string of the molecule is CC(C)OC(C)C(=O)Nc1ccccc1N. The maximum Gasteiger partial charge on any atom is 0.253 e. The van der Waals surface area contributed by atoms with Gasteiger partial charge in [0.05, 0.1) is 17.5 Å². The number of nitrogens with two attached hydrogens (primary N) is 1. The summed E-state index contributed by atoms with van der Waals surface area (Å²) in [6.45, 7) is 5.50. The first-order valence-corrected chi connectivity index (χ1v) is 5.31. The Hall–Kier alpha value is -1.55. The zero-order chi connectivity index (χ0) is 12.1. The predicted octanol–water partition coefficient (Wildman–Crippen LogP) is 2.02. The zero-order valence-electron chi connectivity index (χ0n) is 9.86. The Morgan fingerprint density at radius 3 is 2.50 bits per heavy atom. The van der Waals surface area contributed by atoms with E-state index in [1.54, 1.807) is 19.1 Å². The van der Waals surface area contributed by atoms with E-state index >= 15 is 0 Å². The van der Waals surface area contributed by atoms with Gasteiger partial charge in [0.2, 0.25) is 0 Å². The number of rotatable bonds is 4. The number of carbonyl (C=O) groups is 1. The second-order valence-corrected chi connectivity index (χ2v) is 3.90. The van der Waals surface area contributed by atoms with Crippen LogP contribution in [0.5, 0.6) is 0 Å². The molecule has 0 aliphatic heterocycles. The maximum absolute atomic E-state index is 11.7. The smallest absolute Gasteiger partial charge is 0.253 e. The molecule has 0 radical (unpaired) electrons. The van der Waals surface area contributed by atoms with Crippen LogP contribution in [-0.2, 0) is 9.53 Å². The van der Waals surface area contributed by atoms with Crippen molar-refractivity contribution in [3.63, 3.8) is 0 Å². The van der Waals surface area contributed by atoms with E-state index in [-0.39, 0.29) is 12.0 Å². The normalized spacial score (nSPS) is 12.5. The van der Waals surface area contributed by atoms with Crippen molar-refractivity contribution in [2.45, 2.75) is 33.0 Å². The minimum atomic E-state index is -0.486. The second kappa shape index (κ2) is 5.51. The van der Waals surface area contributed by atoms with Gasteiger partial charge in [-0.15, -0.1) is 0 Å². The summed E-state index contributed by atoms with van der Waals surface area (Å²) in [6.07, 6.45) is -0.464. The third-order valence-electron chi connectivity index (χ3n) is 2.06. The summed E-state index contributed by atoms with van der Waals surface area (Å²) < 4.78 is 5.37. The molecule has 0 aliphatic carbocycles. The number of benzene rings is 1. The van der Waals surface area contributed by atoms with Gasteiger partial charge >= 0.3 is 0 Å². The molecule has 3 N–H and O–H groups in total. The first-order valence-electron chi connectivity index (χ1n) is 5.31. The molecule has 16 heavy (non-hydrogen) atoms. The van der Waals surface area contributed by atoms with Crippen LogP contribution in [0.1, 0.15) is 20.8 Å². The molecule has 4 heteroatoms. The Kier molecular flexibility index (Phi) is 4.31. The Morgan fingerprint density at radius 1 is 1.31 bits per heavy atom. The summed E-state index contributed by atoms with van der Waals surface area (Å²) in [5.74, 6) is -0.188. The number of ether oxygens (including phenoxy) is 1. The molecule has 88 valence electrons. The number of nitrogen functional groups attached to an aromatic ring is 1. The van der Waals surface area contributed by atoms with Gasteiger partial charge in [-0.05, 0) is 32.9 Å². The molecular formula is C12H18N2O2. The van der Waals surface area contributed by atoms with Gasteiger partial charge in [0.1, 0.15) is 6.10 Å². The van der Waals surface area contributed by atoms with E-state index in [4.69, 9.17) is 10.5 Å². The monoisotopic (exact) mass is 222 g/mol. The number of para-hydroxylation sites is 2. The predicted molar refractivity (Wildman–Crippen MR) is 65.2 cm³/mol. The van der Waals surface area contributed by atoms with E-state index in [1.807, 2.05) is 26.0 Å². The van der Waals surface area contributed by atoms with Crippen molar-refractivity contribution in [1.29, 1.82) is 0 Å². The molecule has 0 spiro atoms. The molecule has 1 unspecified atom stereocenters. The first-order chi connectivity index (χ1) is 7.50. The lowest BCUT2D eigenvalue weighted by atomic mass is 10.2. The minimum Gasteiger partial charge on any atom is -0.397 e. The van der Waals surface area contributed by atoms with Crippen LogP contribution in [0.4, 0.5) is 11.4 Å². The van der Waals surface area contributed by atoms with Gasteiger partial charge in [-0.3, -0.25) is 4.79 Å². The summed E-state index contributed by atoms with van der Waals surface area (Å²) in [4.78, 5) is 11.7. The average molecular weight is 222 g/mol. The van der Waals surface area contributed by atoms with Gasteiger partial charge < -0.3 is 15.8 Å². The largest absolute Gasteiger partial charge is 0.397 e. The Bertz CT molecular complexity index is 364. The molecule has 1 amide bonds. The van der Waals surface area contributed by atoms with Crippen molar-refractivity contribution in [1.82, 2.24) is 0 Å². The third kappa shape index (κ3) is 3.55. The van der Waals surface area contributed by atoms with Crippen LogP contribution in [0.2, 0.25) is 0 Å². The number of amides is 1. The van der Waals surface area contributed by atoms with Crippen LogP contribution in [0.3, 0.4) is 0 Å². The molecule has 1 rings (SSSR count). The maximum atomic E-state index is 11.7. The molecule has 0 saturated carbocycles. The van der Waals surface area contributed by atoms with Crippen molar-refractivity contribution in [2.24, 2.45) is 0 Å². The third-order valence-corrected chi connectivity index (χ3v) is 2.06. The summed E-state index contributed by atoms with van der Waals surface area (Å²) in [6, 6.07) is 7.14. The highest BCUT2D eigenvalue weighted by Gasteiger charge is 2.15.